The van der Waals surface area contributed by atoms with Crippen LogP contribution in [0, 0.1) is 0 Å². The normalized spacial score (nSPS) is 10.3. The fraction of sp³-hybridized carbons (Fsp3) is 0.273. The van der Waals surface area contributed by atoms with Crippen molar-refractivity contribution in [3.05, 3.63) is 46.4 Å². The van der Waals surface area contributed by atoms with Crippen LogP contribution in [0.15, 0.2) is 29.3 Å². The molecule has 2 heterocycles. The lowest BCUT2D eigenvalue weighted by atomic mass is 10.3. The summed E-state index contributed by atoms with van der Waals surface area (Å²) in [7, 11) is 3.16. The molecule has 1 amide bonds. The van der Waals surface area contributed by atoms with E-state index in [-0.39, 0.29) is 17.2 Å². The molecule has 0 unspecified atom stereocenters. The zero-order valence-electron chi connectivity index (χ0n) is 10.1. The predicted molar refractivity (Wildman–Crippen MR) is 63.9 cm³/mol. The molecule has 0 aliphatic rings. The summed E-state index contributed by atoms with van der Waals surface area (Å²) < 4.78 is 1.13. The molecule has 0 fully saturated rings. The van der Waals surface area contributed by atoms with Crippen LogP contribution in [0.2, 0.25) is 0 Å². The smallest absolute Gasteiger partial charge is 0.274 e. The molecular formula is C11H13N5O2. The summed E-state index contributed by atoms with van der Waals surface area (Å²) >= 11 is 0. The molecule has 94 valence electrons. The van der Waals surface area contributed by atoms with Crippen LogP contribution in [0.5, 0.6) is 0 Å². The number of rotatable bonds is 3. The quantitative estimate of drug-likeness (QED) is 0.812. The highest BCUT2D eigenvalue weighted by Crippen LogP contribution is 2.01. The third-order valence-electron chi connectivity index (χ3n) is 2.47. The number of aryl methyl sites for hydroxylation is 1. The fourth-order valence-electron chi connectivity index (χ4n) is 1.49. The van der Waals surface area contributed by atoms with Crippen molar-refractivity contribution in [2.45, 2.75) is 6.54 Å². The van der Waals surface area contributed by atoms with Gasteiger partial charge in [0.1, 0.15) is 11.5 Å². The lowest BCUT2D eigenvalue weighted by Crippen LogP contribution is -2.30. The third kappa shape index (κ3) is 2.45. The predicted octanol–water partition coefficient (Wildman–Crippen LogP) is -0.224. The molecule has 0 saturated heterocycles. The Morgan fingerprint density at radius 2 is 2.28 bits per heavy atom. The van der Waals surface area contributed by atoms with Gasteiger partial charge in [-0.25, -0.2) is 9.67 Å². The monoisotopic (exact) mass is 247 g/mol. The maximum atomic E-state index is 12.0. The van der Waals surface area contributed by atoms with Crippen molar-refractivity contribution >= 4 is 5.91 Å². The Kier molecular flexibility index (Phi) is 3.22. The molecule has 2 aromatic heterocycles. The second-order valence-electron chi connectivity index (χ2n) is 3.88. The van der Waals surface area contributed by atoms with Gasteiger partial charge in [-0.3, -0.25) is 9.59 Å². The summed E-state index contributed by atoms with van der Waals surface area (Å²) in [4.78, 5) is 31.7. The van der Waals surface area contributed by atoms with Gasteiger partial charge in [0.25, 0.3) is 11.5 Å². The van der Waals surface area contributed by atoms with E-state index in [4.69, 9.17) is 0 Å². The highest BCUT2D eigenvalue weighted by Gasteiger charge is 2.15. The van der Waals surface area contributed by atoms with Gasteiger partial charge in [-0.1, -0.05) is 0 Å². The van der Waals surface area contributed by atoms with Crippen molar-refractivity contribution in [2.24, 2.45) is 7.05 Å². The first-order valence-corrected chi connectivity index (χ1v) is 5.36. The van der Waals surface area contributed by atoms with E-state index in [1.165, 1.54) is 24.1 Å². The van der Waals surface area contributed by atoms with Crippen LogP contribution in [-0.2, 0) is 13.6 Å². The van der Waals surface area contributed by atoms with Crippen molar-refractivity contribution in [1.29, 1.82) is 0 Å². The minimum absolute atomic E-state index is 0.228. The van der Waals surface area contributed by atoms with Crippen LogP contribution in [0.4, 0.5) is 0 Å². The van der Waals surface area contributed by atoms with Crippen LogP contribution >= 0.6 is 0 Å². The Hall–Kier alpha value is -2.44. The number of imidazole rings is 1. The number of aromatic amines is 1. The maximum Gasteiger partial charge on any atom is 0.274 e. The first-order chi connectivity index (χ1) is 8.58. The number of carbonyl (C=O) groups is 1. The molecular weight excluding hydrogens is 234 g/mol. The number of aromatic nitrogens is 4. The molecule has 1 N–H and O–H groups in total. The Labute approximate surface area is 103 Å². The van der Waals surface area contributed by atoms with Crippen molar-refractivity contribution in [3.8, 4) is 0 Å². The average molecular weight is 247 g/mol. The van der Waals surface area contributed by atoms with Gasteiger partial charge in [0.15, 0.2) is 0 Å². The largest absolute Gasteiger partial charge is 0.347 e. The molecule has 7 heteroatoms. The van der Waals surface area contributed by atoms with Crippen molar-refractivity contribution in [2.75, 3.05) is 7.05 Å². The van der Waals surface area contributed by atoms with Crippen molar-refractivity contribution < 1.29 is 4.79 Å². The molecule has 0 atom stereocenters. The van der Waals surface area contributed by atoms with E-state index in [1.54, 1.807) is 19.4 Å². The van der Waals surface area contributed by atoms with E-state index in [2.05, 4.69) is 15.1 Å². The number of hydrogen-bond donors (Lipinski definition) is 1. The molecule has 7 nitrogen and oxygen atoms in total. The van der Waals surface area contributed by atoms with Gasteiger partial charge in [-0.05, 0) is 6.07 Å². The Bertz CT molecular complexity index is 602. The summed E-state index contributed by atoms with van der Waals surface area (Å²) in [5.74, 6) is 0.428. The van der Waals surface area contributed by atoms with E-state index in [9.17, 15) is 9.59 Å². The number of hydrogen-bond acceptors (Lipinski definition) is 4. The molecule has 0 aliphatic heterocycles. The first-order valence-electron chi connectivity index (χ1n) is 5.36. The SMILES string of the molecule is CN(Cc1ncc[nH]1)C(=O)c1ccc(=O)n(C)n1. The van der Waals surface area contributed by atoms with Crippen molar-refractivity contribution in [1.82, 2.24) is 24.6 Å². The summed E-state index contributed by atoms with van der Waals surface area (Å²) in [5, 5.41) is 3.91. The van der Waals surface area contributed by atoms with Crippen molar-refractivity contribution in [3.63, 3.8) is 0 Å². The lowest BCUT2D eigenvalue weighted by Gasteiger charge is -2.15. The third-order valence-corrected chi connectivity index (χ3v) is 2.47. The van der Waals surface area contributed by atoms with Gasteiger partial charge in [-0.2, -0.15) is 5.10 Å². The number of H-pyrrole nitrogens is 1. The van der Waals surface area contributed by atoms with Crippen LogP contribution in [-0.4, -0.2) is 37.6 Å². The zero-order chi connectivity index (χ0) is 13.1. The van der Waals surface area contributed by atoms with Gasteiger partial charge in [0.2, 0.25) is 0 Å². The minimum atomic E-state index is -0.262. The second kappa shape index (κ2) is 4.82. The van der Waals surface area contributed by atoms with E-state index in [0.717, 1.165) is 4.68 Å². The number of carbonyl (C=O) groups excluding carboxylic acids is 1. The molecule has 0 aromatic carbocycles. The highest BCUT2D eigenvalue weighted by molar-refractivity contribution is 5.91. The number of nitrogens with zero attached hydrogens (tertiary/aromatic N) is 4. The minimum Gasteiger partial charge on any atom is -0.347 e. The van der Waals surface area contributed by atoms with Gasteiger partial charge < -0.3 is 9.88 Å². The maximum absolute atomic E-state index is 12.0. The summed E-state index contributed by atoms with van der Waals surface area (Å²) in [6, 6.07) is 2.74. The standard InChI is InChI=1S/C11H13N5O2/c1-15(7-9-12-5-6-13-9)11(18)8-3-4-10(17)16(2)14-8/h3-6H,7H2,1-2H3,(H,12,13). The van der Waals surface area contributed by atoms with Crippen LogP contribution in [0.1, 0.15) is 16.3 Å². The molecule has 0 spiro atoms. The molecule has 0 radical (unpaired) electrons. The zero-order valence-corrected chi connectivity index (χ0v) is 10.1. The molecule has 0 aliphatic carbocycles. The number of amides is 1. The summed E-state index contributed by atoms with van der Waals surface area (Å²) in [6.07, 6.45) is 3.32. The van der Waals surface area contributed by atoms with Gasteiger partial charge >= 0.3 is 0 Å². The van der Waals surface area contributed by atoms with Crippen LogP contribution in [0.3, 0.4) is 0 Å². The van der Waals surface area contributed by atoms with Crippen LogP contribution < -0.4 is 5.56 Å². The van der Waals surface area contributed by atoms with E-state index in [1.807, 2.05) is 0 Å². The number of nitrogens with one attached hydrogen (secondary N) is 1. The molecule has 2 rings (SSSR count). The molecule has 2 aromatic rings. The Morgan fingerprint density at radius 1 is 1.50 bits per heavy atom. The summed E-state index contributed by atoms with van der Waals surface area (Å²) in [6.45, 7) is 0.357. The van der Waals surface area contributed by atoms with Crippen LogP contribution in [0.25, 0.3) is 0 Å². The van der Waals surface area contributed by atoms with E-state index in [0.29, 0.717) is 12.4 Å². The Balaban J connectivity index is 2.15. The van der Waals surface area contributed by atoms with Gasteiger partial charge in [-0.15, -0.1) is 0 Å². The lowest BCUT2D eigenvalue weighted by molar-refractivity contribution is 0.0773. The second-order valence-corrected chi connectivity index (χ2v) is 3.88. The molecule has 18 heavy (non-hydrogen) atoms. The fourth-order valence-corrected chi connectivity index (χ4v) is 1.49. The van der Waals surface area contributed by atoms with E-state index < -0.39 is 0 Å². The van der Waals surface area contributed by atoms with Gasteiger partial charge in [0.05, 0.1) is 6.54 Å². The highest BCUT2D eigenvalue weighted by atomic mass is 16.2. The molecule has 0 bridgehead atoms. The summed E-state index contributed by atoms with van der Waals surface area (Å²) in [5.41, 5.74) is -0.0219. The first kappa shape index (κ1) is 12.0. The average Bonchev–Trinajstić information content (AvgIpc) is 2.84. The Morgan fingerprint density at radius 3 is 2.89 bits per heavy atom. The molecule has 0 saturated carbocycles. The van der Waals surface area contributed by atoms with E-state index >= 15 is 0 Å². The van der Waals surface area contributed by atoms with Gasteiger partial charge in [0, 0.05) is 32.6 Å². The topological polar surface area (TPSA) is 83.9 Å².